The van der Waals surface area contributed by atoms with Gasteiger partial charge in [-0.05, 0) is 6.42 Å². The lowest BCUT2D eigenvalue weighted by atomic mass is 10.4. The smallest absolute Gasteiger partial charge is 0.138 e. The van der Waals surface area contributed by atoms with Gasteiger partial charge in [0.15, 0.2) is 0 Å². The molecule has 0 aromatic carbocycles. The van der Waals surface area contributed by atoms with Crippen molar-refractivity contribution in [2.24, 2.45) is 7.05 Å². The minimum Gasteiger partial charge on any atom is -0.187 e. The van der Waals surface area contributed by atoms with Crippen LogP contribution in [0.3, 0.4) is 0 Å². The minimum absolute atomic E-state index is 0.911. The van der Waals surface area contributed by atoms with Crippen LogP contribution in [0.4, 0.5) is 0 Å². The van der Waals surface area contributed by atoms with Crippen molar-refractivity contribution in [3.63, 3.8) is 0 Å². The molecule has 0 saturated carbocycles. The van der Waals surface area contributed by atoms with Crippen LogP contribution in [-0.2, 0) is 13.5 Å². The van der Waals surface area contributed by atoms with Gasteiger partial charge in [-0.3, -0.25) is 0 Å². The second-order valence-electron chi connectivity index (χ2n) is 1.60. The van der Waals surface area contributed by atoms with E-state index in [0.717, 1.165) is 12.1 Å². The van der Waals surface area contributed by atoms with Crippen molar-refractivity contribution in [1.82, 2.24) is 15.0 Å². The lowest BCUT2D eigenvalue weighted by Gasteiger charge is -1.80. The molecule has 3 nitrogen and oxygen atoms in total. The van der Waals surface area contributed by atoms with Gasteiger partial charge in [0.1, 0.15) is 6.20 Å². The van der Waals surface area contributed by atoms with E-state index < -0.39 is 0 Å². The molecule has 1 rings (SSSR count). The normalized spacial score (nSPS) is 9.75. The van der Waals surface area contributed by atoms with Crippen LogP contribution in [0.2, 0.25) is 0 Å². The van der Waals surface area contributed by atoms with Crippen LogP contribution in [0.15, 0.2) is 0 Å². The Bertz CT molecular complexity index is 168. The fraction of sp³-hybridized carbons (Fsp3) is 0.600. The molecule has 1 aromatic heterocycles. The first-order valence-corrected chi connectivity index (χ1v) is 2.61. The van der Waals surface area contributed by atoms with Crippen LogP contribution in [0.1, 0.15) is 12.6 Å². The predicted molar refractivity (Wildman–Crippen MR) is 29.2 cm³/mol. The van der Waals surface area contributed by atoms with E-state index in [9.17, 15) is 0 Å². The lowest BCUT2D eigenvalue weighted by Crippen LogP contribution is -1.92. The molecule has 0 aliphatic heterocycles. The van der Waals surface area contributed by atoms with Gasteiger partial charge in [-0.1, -0.05) is 6.92 Å². The Morgan fingerprint density at radius 1 is 1.75 bits per heavy atom. The number of aryl methyl sites for hydroxylation is 2. The monoisotopic (exact) mass is 110 g/mol. The summed E-state index contributed by atoms with van der Waals surface area (Å²) >= 11 is 0. The van der Waals surface area contributed by atoms with Crippen molar-refractivity contribution >= 4 is 0 Å². The van der Waals surface area contributed by atoms with Crippen LogP contribution in [-0.4, -0.2) is 15.0 Å². The molecule has 0 aliphatic carbocycles. The van der Waals surface area contributed by atoms with Crippen LogP contribution >= 0.6 is 0 Å². The van der Waals surface area contributed by atoms with E-state index in [0.29, 0.717) is 0 Å². The Balaban J connectivity index is 2.84. The molecule has 43 valence electrons. The molecule has 3 heteroatoms. The number of aromatic nitrogens is 3. The van der Waals surface area contributed by atoms with E-state index in [1.54, 1.807) is 7.05 Å². The lowest BCUT2D eigenvalue weighted by molar-refractivity contribution is 0.645. The molecule has 8 heavy (non-hydrogen) atoms. The molecular weight excluding hydrogens is 102 g/mol. The molecule has 0 bridgehead atoms. The van der Waals surface area contributed by atoms with E-state index in [2.05, 4.69) is 16.4 Å². The number of hydrogen-bond acceptors (Lipinski definition) is 2. The maximum absolute atomic E-state index is 3.98. The summed E-state index contributed by atoms with van der Waals surface area (Å²) in [4.78, 5) is 1.51. The molecule has 1 radical (unpaired) electrons. The molecule has 0 saturated heterocycles. The highest BCUT2D eigenvalue weighted by Crippen LogP contribution is 1.87. The summed E-state index contributed by atoms with van der Waals surface area (Å²) in [5.41, 5.74) is 0.924. The highest BCUT2D eigenvalue weighted by Gasteiger charge is 1.91. The first-order valence-electron chi connectivity index (χ1n) is 2.61. The largest absolute Gasteiger partial charge is 0.187 e. The third kappa shape index (κ3) is 0.857. The molecule has 0 spiro atoms. The number of rotatable bonds is 1. The average molecular weight is 110 g/mol. The van der Waals surface area contributed by atoms with Gasteiger partial charge in [0, 0.05) is 7.05 Å². The van der Waals surface area contributed by atoms with Gasteiger partial charge >= 0.3 is 0 Å². The van der Waals surface area contributed by atoms with Crippen molar-refractivity contribution in [3.05, 3.63) is 11.9 Å². The van der Waals surface area contributed by atoms with Crippen molar-refractivity contribution in [3.8, 4) is 0 Å². The summed E-state index contributed by atoms with van der Waals surface area (Å²) in [6.45, 7) is 2.03. The Morgan fingerprint density at radius 2 is 2.50 bits per heavy atom. The quantitative estimate of drug-likeness (QED) is 0.516. The molecule has 1 aromatic rings. The van der Waals surface area contributed by atoms with Gasteiger partial charge in [0.2, 0.25) is 0 Å². The second kappa shape index (κ2) is 1.94. The van der Waals surface area contributed by atoms with Gasteiger partial charge in [0.25, 0.3) is 0 Å². The highest BCUT2D eigenvalue weighted by molar-refractivity contribution is 4.86. The zero-order valence-corrected chi connectivity index (χ0v) is 5.05. The topological polar surface area (TPSA) is 30.7 Å². The van der Waals surface area contributed by atoms with Crippen molar-refractivity contribution < 1.29 is 0 Å². The van der Waals surface area contributed by atoms with E-state index in [-0.39, 0.29) is 0 Å². The fourth-order valence-corrected chi connectivity index (χ4v) is 0.499. The van der Waals surface area contributed by atoms with Gasteiger partial charge in [-0.15, -0.1) is 0 Å². The van der Waals surface area contributed by atoms with Gasteiger partial charge < -0.3 is 0 Å². The first kappa shape index (κ1) is 5.28. The molecule has 1 heterocycles. The fourth-order valence-electron chi connectivity index (χ4n) is 0.499. The average Bonchev–Trinajstić information content (AvgIpc) is 2.14. The second-order valence-corrected chi connectivity index (χ2v) is 1.60. The zero-order valence-electron chi connectivity index (χ0n) is 5.05. The molecular formula is C5H8N3. The Labute approximate surface area is 48.3 Å². The van der Waals surface area contributed by atoms with Crippen molar-refractivity contribution in [2.75, 3.05) is 0 Å². The zero-order chi connectivity index (χ0) is 5.98. The Kier molecular flexibility index (Phi) is 1.28. The first-order chi connectivity index (χ1) is 3.83. The summed E-state index contributed by atoms with van der Waals surface area (Å²) < 4.78 is 0. The van der Waals surface area contributed by atoms with E-state index in [1.807, 2.05) is 6.92 Å². The molecule has 0 N–H and O–H groups in total. The van der Waals surface area contributed by atoms with Crippen LogP contribution < -0.4 is 0 Å². The van der Waals surface area contributed by atoms with Crippen LogP contribution in [0.5, 0.6) is 0 Å². The molecule has 0 fully saturated rings. The Morgan fingerprint density at radius 3 is 2.75 bits per heavy atom. The van der Waals surface area contributed by atoms with Crippen LogP contribution in [0, 0.1) is 6.20 Å². The van der Waals surface area contributed by atoms with E-state index in [4.69, 9.17) is 0 Å². The van der Waals surface area contributed by atoms with Gasteiger partial charge in [0.05, 0.1) is 5.69 Å². The van der Waals surface area contributed by atoms with Crippen molar-refractivity contribution in [1.29, 1.82) is 0 Å². The number of nitrogens with zero attached hydrogens (tertiary/aromatic N) is 3. The molecule has 0 aliphatic rings. The summed E-state index contributed by atoms with van der Waals surface area (Å²) in [6.07, 6.45) is 3.67. The van der Waals surface area contributed by atoms with Crippen molar-refractivity contribution in [2.45, 2.75) is 13.3 Å². The van der Waals surface area contributed by atoms with E-state index >= 15 is 0 Å². The predicted octanol–water partition coefficient (Wildman–Crippen LogP) is 0.178. The van der Waals surface area contributed by atoms with Crippen LogP contribution in [0.25, 0.3) is 0 Å². The molecule has 0 atom stereocenters. The molecule has 0 unspecified atom stereocenters. The third-order valence-electron chi connectivity index (χ3n) is 0.924. The summed E-state index contributed by atoms with van der Waals surface area (Å²) in [6, 6.07) is 0. The minimum atomic E-state index is 0.911. The SMILES string of the molecule is CCc1[c]nn(C)n1. The summed E-state index contributed by atoms with van der Waals surface area (Å²) in [7, 11) is 1.79. The molecule has 0 amide bonds. The van der Waals surface area contributed by atoms with Gasteiger partial charge in [-0.25, -0.2) is 0 Å². The number of hydrogen-bond donors (Lipinski definition) is 0. The highest BCUT2D eigenvalue weighted by atomic mass is 15.4. The Hall–Kier alpha value is -0.860. The van der Waals surface area contributed by atoms with E-state index in [1.165, 1.54) is 4.80 Å². The maximum atomic E-state index is 3.98. The summed E-state index contributed by atoms with van der Waals surface area (Å²) in [5.74, 6) is 0. The van der Waals surface area contributed by atoms with Gasteiger partial charge in [-0.2, -0.15) is 15.0 Å². The summed E-state index contributed by atoms with van der Waals surface area (Å²) in [5, 5.41) is 7.75. The maximum Gasteiger partial charge on any atom is 0.138 e. The standard InChI is InChI=1S/C5H8N3/c1-3-5-4-6-8(2)7-5/h3H2,1-2H3. The third-order valence-corrected chi connectivity index (χ3v) is 0.924.